The molecule has 0 fully saturated rings. The number of hydrogen-bond acceptors (Lipinski definition) is 2. The summed E-state index contributed by atoms with van der Waals surface area (Å²) in [6.07, 6.45) is 0.853. The van der Waals surface area contributed by atoms with E-state index >= 15 is 0 Å². The number of benzene rings is 2. The van der Waals surface area contributed by atoms with E-state index in [0.717, 1.165) is 32.9 Å². The van der Waals surface area contributed by atoms with Crippen LogP contribution in [0, 0.1) is 0 Å². The molecule has 2 aromatic rings. The van der Waals surface area contributed by atoms with Crippen molar-refractivity contribution in [2.45, 2.75) is 32.4 Å². The lowest BCUT2D eigenvalue weighted by molar-refractivity contribution is -0.117. The maximum Gasteiger partial charge on any atom is 0.224 e. The number of anilines is 2. The van der Waals surface area contributed by atoms with Gasteiger partial charge < -0.3 is 10.2 Å². The second kappa shape index (κ2) is 6.54. The second-order valence-corrected chi connectivity index (χ2v) is 7.23. The van der Waals surface area contributed by atoms with Crippen molar-refractivity contribution >= 4 is 44.8 Å². The van der Waals surface area contributed by atoms with Gasteiger partial charge in [0.25, 0.3) is 0 Å². The summed E-state index contributed by atoms with van der Waals surface area (Å²) < 4.78 is 1.01. The monoisotopic (exact) mass is 392 g/mol. The van der Waals surface area contributed by atoms with E-state index in [0.29, 0.717) is 0 Å². The molecule has 5 heteroatoms. The van der Waals surface area contributed by atoms with E-state index in [1.165, 1.54) is 0 Å². The number of nitrogens with one attached hydrogen (secondary N) is 1. The lowest BCUT2D eigenvalue weighted by Crippen LogP contribution is -2.43. The fourth-order valence-corrected chi connectivity index (χ4v) is 3.70. The van der Waals surface area contributed by atoms with Gasteiger partial charge in [-0.05, 0) is 61.4 Å². The number of carbonyl (C=O) groups excluding carboxylic acids is 1. The first kappa shape index (κ1) is 16.3. The van der Waals surface area contributed by atoms with Gasteiger partial charge in [0.15, 0.2) is 0 Å². The van der Waals surface area contributed by atoms with Gasteiger partial charge in [-0.25, -0.2) is 0 Å². The number of carbonyl (C=O) groups is 1. The molecule has 0 saturated heterocycles. The first-order valence-corrected chi connectivity index (χ1v) is 8.74. The zero-order valence-corrected chi connectivity index (χ0v) is 15.4. The zero-order chi connectivity index (χ0) is 16.6. The number of fused-ring (bicyclic) bond motifs is 1. The number of halogens is 2. The molecule has 2 atom stereocenters. The van der Waals surface area contributed by atoms with Crippen molar-refractivity contribution < 1.29 is 4.79 Å². The van der Waals surface area contributed by atoms with Crippen LogP contribution in [-0.4, -0.2) is 11.9 Å². The molecule has 0 aromatic heterocycles. The van der Waals surface area contributed by atoms with E-state index in [-0.39, 0.29) is 18.0 Å². The molecule has 1 heterocycles. The third-order valence-corrected chi connectivity index (χ3v) is 4.91. The lowest BCUT2D eigenvalue weighted by atomic mass is 9.91. The van der Waals surface area contributed by atoms with Crippen molar-refractivity contribution in [1.29, 1.82) is 0 Å². The number of hydrogen-bond donors (Lipinski definition) is 1. The molecule has 1 N–H and O–H groups in total. The van der Waals surface area contributed by atoms with Crippen LogP contribution in [0.2, 0.25) is 5.02 Å². The maximum atomic E-state index is 12.0. The highest BCUT2D eigenvalue weighted by atomic mass is 79.9. The van der Waals surface area contributed by atoms with Crippen LogP contribution >= 0.6 is 27.5 Å². The molecule has 2 aromatic carbocycles. The minimum atomic E-state index is 0.0750. The highest BCUT2D eigenvalue weighted by Crippen LogP contribution is 2.40. The molecular formula is C18H18BrClN2O. The topological polar surface area (TPSA) is 32.3 Å². The van der Waals surface area contributed by atoms with E-state index in [1.54, 1.807) is 6.92 Å². The minimum Gasteiger partial charge on any atom is -0.378 e. The quantitative estimate of drug-likeness (QED) is 0.741. The van der Waals surface area contributed by atoms with E-state index < -0.39 is 0 Å². The fraction of sp³-hybridized carbons (Fsp3) is 0.278. The van der Waals surface area contributed by atoms with Gasteiger partial charge in [0, 0.05) is 33.8 Å². The molecular weight excluding hydrogens is 376 g/mol. The van der Waals surface area contributed by atoms with Gasteiger partial charge in [-0.15, -0.1) is 0 Å². The maximum absolute atomic E-state index is 12.0. The largest absolute Gasteiger partial charge is 0.378 e. The van der Waals surface area contributed by atoms with Gasteiger partial charge in [-0.2, -0.15) is 0 Å². The van der Waals surface area contributed by atoms with E-state index in [1.807, 2.05) is 41.3 Å². The predicted molar refractivity (Wildman–Crippen MR) is 99.2 cm³/mol. The smallest absolute Gasteiger partial charge is 0.224 e. The molecule has 0 aliphatic carbocycles. The van der Waals surface area contributed by atoms with Crippen molar-refractivity contribution in [1.82, 2.24) is 0 Å². The summed E-state index contributed by atoms with van der Waals surface area (Å²) in [5, 5.41) is 4.28. The molecule has 3 nitrogen and oxygen atoms in total. The fourth-order valence-electron chi connectivity index (χ4n) is 3.20. The Morgan fingerprint density at radius 3 is 2.61 bits per heavy atom. The Hall–Kier alpha value is -1.52. The Morgan fingerprint density at radius 2 is 1.96 bits per heavy atom. The molecule has 0 radical (unpaired) electrons. The molecule has 1 aliphatic rings. The van der Waals surface area contributed by atoms with Gasteiger partial charge in [-0.1, -0.05) is 27.5 Å². The summed E-state index contributed by atoms with van der Waals surface area (Å²) in [5.41, 5.74) is 3.13. The average molecular weight is 394 g/mol. The molecule has 3 rings (SSSR count). The summed E-state index contributed by atoms with van der Waals surface area (Å²) in [7, 11) is 0. The Balaban J connectivity index is 1.98. The molecule has 23 heavy (non-hydrogen) atoms. The van der Waals surface area contributed by atoms with Crippen molar-refractivity contribution in [3.05, 3.63) is 57.5 Å². The standard InChI is InChI=1S/C18H18BrClN2O/c1-11-9-17(21-15-6-4-14(20)5-7-15)16-10-13(19)3-8-18(16)22(11)12(2)23/h3-8,10-11,17,21H,9H2,1-2H3. The van der Waals surface area contributed by atoms with E-state index in [4.69, 9.17) is 11.6 Å². The van der Waals surface area contributed by atoms with Crippen LogP contribution in [0.1, 0.15) is 31.9 Å². The Bertz CT molecular complexity index is 732. The second-order valence-electron chi connectivity index (χ2n) is 5.88. The van der Waals surface area contributed by atoms with Gasteiger partial charge >= 0.3 is 0 Å². The Morgan fingerprint density at radius 1 is 1.26 bits per heavy atom. The van der Waals surface area contributed by atoms with Crippen LogP contribution in [0.15, 0.2) is 46.9 Å². The third kappa shape index (κ3) is 3.38. The van der Waals surface area contributed by atoms with Gasteiger partial charge in [0.05, 0.1) is 6.04 Å². The van der Waals surface area contributed by atoms with E-state index in [2.05, 4.69) is 34.2 Å². The van der Waals surface area contributed by atoms with Crippen molar-refractivity contribution in [3.8, 4) is 0 Å². The average Bonchev–Trinajstić information content (AvgIpc) is 2.49. The molecule has 120 valence electrons. The molecule has 2 unspecified atom stereocenters. The summed E-state index contributed by atoms with van der Waals surface area (Å²) in [6.45, 7) is 3.71. The van der Waals surface area contributed by atoms with Crippen LogP contribution in [0.4, 0.5) is 11.4 Å². The van der Waals surface area contributed by atoms with Crippen LogP contribution in [0.3, 0.4) is 0 Å². The van der Waals surface area contributed by atoms with Crippen molar-refractivity contribution in [2.75, 3.05) is 10.2 Å². The summed E-state index contributed by atoms with van der Waals surface area (Å²) >= 11 is 9.49. The summed E-state index contributed by atoms with van der Waals surface area (Å²) in [4.78, 5) is 13.9. The Kier molecular flexibility index (Phi) is 4.64. The highest BCUT2D eigenvalue weighted by Gasteiger charge is 2.32. The highest BCUT2D eigenvalue weighted by molar-refractivity contribution is 9.10. The van der Waals surface area contributed by atoms with Crippen molar-refractivity contribution in [3.63, 3.8) is 0 Å². The molecule has 0 bridgehead atoms. The molecule has 0 spiro atoms. The Labute approximate surface area is 149 Å². The number of amides is 1. The SMILES string of the molecule is CC(=O)N1c2ccc(Br)cc2C(Nc2ccc(Cl)cc2)CC1C. The zero-order valence-electron chi connectivity index (χ0n) is 13.0. The predicted octanol–water partition coefficient (Wildman–Crippen LogP) is 5.40. The van der Waals surface area contributed by atoms with Gasteiger partial charge in [0.2, 0.25) is 5.91 Å². The molecule has 1 aliphatic heterocycles. The van der Waals surface area contributed by atoms with Crippen LogP contribution in [-0.2, 0) is 4.79 Å². The number of nitrogens with zero attached hydrogens (tertiary/aromatic N) is 1. The van der Waals surface area contributed by atoms with Crippen LogP contribution in [0.5, 0.6) is 0 Å². The summed E-state index contributed by atoms with van der Waals surface area (Å²) in [6, 6.07) is 14.1. The number of rotatable bonds is 2. The van der Waals surface area contributed by atoms with Crippen LogP contribution < -0.4 is 10.2 Å². The lowest BCUT2D eigenvalue weighted by Gasteiger charge is -2.39. The first-order valence-electron chi connectivity index (χ1n) is 7.57. The van der Waals surface area contributed by atoms with Gasteiger partial charge in [-0.3, -0.25) is 4.79 Å². The normalized spacial score (nSPS) is 20.1. The van der Waals surface area contributed by atoms with Crippen LogP contribution in [0.25, 0.3) is 0 Å². The first-order chi connectivity index (χ1) is 11.0. The molecule has 1 amide bonds. The molecule has 0 saturated carbocycles. The minimum absolute atomic E-state index is 0.0750. The third-order valence-electron chi connectivity index (χ3n) is 4.17. The summed E-state index contributed by atoms with van der Waals surface area (Å²) in [5.74, 6) is 0.0750. The van der Waals surface area contributed by atoms with Crippen molar-refractivity contribution in [2.24, 2.45) is 0 Å². The van der Waals surface area contributed by atoms with E-state index in [9.17, 15) is 4.79 Å². The van der Waals surface area contributed by atoms with Gasteiger partial charge in [0.1, 0.15) is 0 Å².